The van der Waals surface area contributed by atoms with Gasteiger partial charge in [-0.05, 0) is 37.4 Å². The van der Waals surface area contributed by atoms with Crippen molar-refractivity contribution < 1.29 is 4.79 Å². The Kier molecular flexibility index (Phi) is 6.68. The SMILES string of the molecule is CSc1ccc(Cl)c(C(=O)N2CCCN(CCCl)CC2)c1. The predicted molar refractivity (Wildman–Crippen MR) is 90.9 cm³/mol. The van der Waals surface area contributed by atoms with Crippen LogP contribution >= 0.6 is 35.0 Å². The van der Waals surface area contributed by atoms with Crippen LogP contribution < -0.4 is 0 Å². The number of halogens is 2. The van der Waals surface area contributed by atoms with Crippen molar-refractivity contribution in [3.63, 3.8) is 0 Å². The van der Waals surface area contributed by atoms with Crippen LogP contribution in [0.4, 0.5) is 0 Å². The smallest absolute Gasteiger partial charge is 0.255 e. The lowest BCUT2D eigenvalue weighted by Gasteiger charge is -2.22. The molecule has 0 radical (unpaired) electrons. The molecular weight excluding hydrogens is 327 g/mol. The van der Waals surface area contributed by atoms with Crippen LogP contribution in [0.15, 0.2) is 23.1 Å². The molecule has 0 saturated carbocycles. The van der Waals surface area contributed by atoms with E-state index in [0.717, 1.165) is 44.0 Å². The fourth-order valence-electron chi connectivity index (χ4n) is 2.48. The average molecular weight is 347 g/mol. The average Bonchev–Trinajstić information content (AvgIpc) is 2.73. The maximum Gasteiger partial charge on any atom is 0.255 e. The van der Waals surface area contributed by atoms with Crippen LogP contribution in [0.1, 0.15) is 16.8 Å². The van der Waals surface area contributed by atoms with Gasteiger partial charge in [0.05, 0.1) is 10.6 Å². The highest BCUT2D eigenvalue weighted by atomic mass is 35.5. The lowest BCUT2D eigenvalue weighted by atomic mass is 10.2. The van der Waals surface area contributed by atoms with E-state index >= 15 is 0 Å². The molecule has 1 heterocycles. The minimum Gasteiger partial charge on any atom is -0.337 e. The standard InChI is InChI=1S/C15H20Cl2N2OS/c1-21-12-3-4-14(17)13(11-12)15(20)19-7-2-6-18(8-5-16)9-10-19/h3-4,11H,2,5-10H2,1H3. The van der Waals surface area contributed by atoms with Gasteiger partial charge in [-0.25, -0.2) is 0 Å². The molecule has 6 heteroatoms. The molecule has 1 aromatic carbocycles. The van der Waals surface area contributed by atoms with Crippen molar-refractivity contribution in [2.75, 3.05) is 44.9 Å². The number of thioether (sulfide) groups is 1. The lowest BCUT2D eigenvalue weighted by Crippen LogP contribution is -2.35. The van der Waals surface area contributed by atoms with Gasteiger partial charge in [-0.2, -0.15) is 0 Å². The molecule has 1 saturated heterocycles. The largest absolute Gasteiger partial charge is 0.337 e. The van der Waals surface area contributed by atoms with Crippen molar-refractivity contribution in [2.24, 2.45) is 0 Å². The molecule has 1 aliphatic heterocycles. The van der Waals surface area contributed by atoms with Gasteiger partial charge in [0.15, 0.2) is 0 Å². The van der Waals surface area contributed by atoms with Gasteiger partial charge in [0.25, 0.3) is 5.91 Å². The van der Waals surface area contributed by atoms with E-state index in [9.17, 15) is 4.79 Å². The van der Waals surface area contributed by atoms with Crippen LogP contribution in [-0.4, -0.2) is 60.6 Å². The normalized spacial score (nSPS) is 16.8. The van der Waals surface area contributed by atoms with Crippen molar-refractivity contribution >= 4 is 40.9 Å². The number of alkyl halides is 1. The molecule has 3 nitrogen and oxygen atoms in total. The molecule has 0 aromatic heterocycles. The monoisotopic (exact) mass is 346 g/mol. The van der Waals surface area contributed by atoms with Crippen LogP contribution in [-0.2, 0) is 0 Å². The van der Waals surface area contributed by atoms with E-state index in [4.69, 9.17) is 23.2 Å². The number of carbonyl (C=O) groups is 1. The second-order valence-electron chi connectivity index (χ2n) is 5.02. The predicted octanol–water partition coefficient (Wildman–Crippen LogP) is 3.45. The van der Waals surface area contributed by atoms with E-state index in [1.165, 1.54) is 0 Å². The molecule has 2 rings (SSSR count). The lowest BCUT2D eigenvalue weighted by molar-refractivity contribution is 0.0761. The van der Waals surface area contributed by atoms with Gasteiger partial charge < -0.3 is 9.80 Å². The summed E-state index contributed by atoms with van der Waals surface area (Å²) in [6.45, 7) is 4.26. The van der Waals surface area contributed by atoms with Gasteiger partial charge in [-0.1, -0.05) is 11.6 Å². The van der Waals surface area contributed by atoms with Gasteiger partial charge in [0, 0.05) is 37.0 Å². The molecule has 1 aliphatic rings. The summed E-state index contributed by atoms with van der Waals surface area (Å²) >= 11 is 13.6. The van der Waals surface area contributed by atoms with Crippen LogP contribution in [0.25, 0.3) is 0 Å². The Morgan fingerprint density at radius 3 is 2.81 bits per heavy atom. The minimum absolute atomic E-state index is 0.0311. The third-order valence-electron chi connectivity index (χ3n) is 3.68. The van der Waals surface area contributed by atoms with Gasteiger partial charge in [0.2, 0.25) is 0 Å². The van der Waals surface area contributed by atoms with Crippen molar-refractivity contribution in [3.05, 3.63) is 28.8 Å². The minimum atomic E-state index is 0.0311. The second-order valence-corrected chi connectivity index (χ2v) is 6.69. The first-order valence-corrected chi connectivity index (χ1v) is 9.20. The van der Waals surface area contributed by atoms with E-state index in [2.05, 4.69) is 4.90 Å². The van der Waals surface area contributed by atoms with Crippen molar-refractivity contribution in [2.45, 2.75) is 11.3 Å². The molecule has 0 bridgehead atoms. The summed E-state index contributed by atoms with van der Waals surface area (Å²) in [5.41, 5.74) is 0.606. The van der Waals surface area contributed by atoms with Crippen molar-refractivity contribution in [3.8, 4) is 0 Å². The maximum absolute atomic E-state index is 12.7. The fourth-order valence-corrected chi connectivity index (χ4v) is 3.36. The summed E-state index contributed by atoms with van der Waals surface area (Å²) in [4.78, 5) is 18.0. The highest BCUT2D eigenvalue weighted by molar-refractivity contribution is 7.98. The van der Waals surface area contributed by atoms with E-state index in [1.54, 1.807) is 17.8 Å². The van der Waals surface area contributed by atoms with Crippen LogP contribution in [0.5, 0.6) is 0 Å². The Hall–Kier alpha value is -0.420. The van der Waals surface area contributed by atoms with Crippen LogP contribution in [0, 0.1) is 0 Å². The number of rotatable bonds is 4. The zero-order chi connectivity index (χ0) is 15.2. The summed E-state index contributed by atoms with van der Waals surface area (Å²) in [7, 11) is 0. The third-order valence-corrected chi connectivity index (χ3v) is 4.90. The molecule has 0 atom stereocenters. The zero-order valence-corrected chi connectivity index (χ0v) is 14.5. The molecule has 0 N–H and O–H groups in total. The summed E-state index contributed by atoms with van der Waals surface area (Å²) in [5, 5.41) is 0.527. The molecular formula is C15H20Cl2N2OS. The zero-order valence-electron chi connectivity index (χ0n) is 12.1. The molecule has 1 fully saturated rings. The van der Waals surface area contributed by atoms with Gasteiger partial charge >= 0.3 is 0 Å². The first-order valence-electron chi connectivity index (χ1n) is 7.07. The first kappa shape index (κ1) is 16.9. The number of benzene rings is 1. The summed E-state index contributed by atoms with van der Waals surface area (Å²) in [5.74, 6) is 0.666. The third kappa shape index (κ3) is 4.52. The Morgan fingerprint density at radius 2 is 2.10 bits per heavy atom. The highest BCUT2D eigenvalue weighted by Crippen LogP contribution is 2.24. The van der Waals surface area contributed by atoms with Crippen LogP contribution in [0.2, 0.25) is 5.02 Å². The molecule has 0 aliphatic carbocycles. The Labute approximate surface area is 140 Å². The Morgan fingerprint density at radius 1 is 1.29 bits per heavy atom. The van der Waals surface area contributed by atoms with E-state index < -0.39 is 0 Å². The van der Waals surface area contributed by atoms with E-state index in [0.29, 0.717) is 16.5 Å². The van der Waals surface area contributed by atoms with Crippen LogP contribution in [0.3, 0.4) is 0 Å². The number of nitrogens with zero attached hydrogens (tertiary/aromatic N) is 2. The van der Waals surface area contributed by atoms with Gasteiger partial charge in [-0.15, -0.1) is 23.4 Å². The summed E-state index contributed by atoms with van der Waals surface area (Å²) in [6, 6.07) is 5.63. The quantitative estimate of drug-likeness (QED) is 0.616. The number of hydrogen-bond acceptors (Lipinski definition) is 3. The summed E-state index contributed by atoms with van der Waals surface area (Å²) < 4.78 is 0. The molecule has 116 valence electrons. The topological polar surface area (TPSA) is 23.6 Å². The van der Waals surface area contributed by atoms with E-state index in [1.807, 2.05) is 23.3 Å². The van der Waals surface area contributed by atoms with Crippen molar-refractivity contribution in [1.29, 1.82) is 0 Å². The Balaban J connectivity index is 2.09. The highest BCUT2D eigenvalue weighted by Gasteiger charge is 2.22. The van der Waals surface area contributed by atoms with E-state index in [-0.39, 0.29) is 5.91 Å². The molecule has 0 unspecified atom stereocenters. The molecule has 1 aromatic rings. The molecule has 1 amide bonds. The van der Waals surface area contributed by atoms with Crippen molar-refractivity contribution in [1.82, 2.24) is 9.80 Å². The van der Waals surface area contributed by atoms with Gasteiger partial charge in [-0.3, -0.25) is 4.79 Å². The number of carbonyl (C=O) groups excluding carboxylic acids is 1. The maximum atomic E-state index is 12.7. The first-order chi connectivity index (χ1) is 10.2. The summed E-state index contributed by atoms with van der Waals surface area (Å²) in [6.07, 6.45) is 2.97. The number of hydrogen-bond donors (Lipinski definition) is 0. The molecule has 21 heavy (non-hydrogen) atoms. The Bertz CT molecular complexity index is 499. The number of amides is 1. The molecule has 0 spiro atoms. The fraction of sp³-hybridized carbons (Fsp3) is 0.533. The second kappa shape index (κ2) is 8.28. The van der Waals surface area contributed by atoms with Gasteiger partial charge in [0.1, 0.15) is 0 Å².